The van der Waals surface area contributed by atoms with Gasteiger partial charge in [-0.2, -0.15) is 4.31 Å². The van der Waals surface area contributed by atoms with Crippen LogP contribution in [-0.2, 0) is 25.9 Å². The number of benzene rings is 2. The van der Waals surface area contributed by atoms with Gasteiger partial charge in [-0.1, -0.05) is 61.8 Å². The number of alkyl carbamates (subject to hydrolysis) is 1. The third-order valence-electron chi connectivity index (χ3n) is 5.62. The number of aliphatic hydroxyl groups is 1. The molecule has 0 aromatic heterocycles. The van der Waals surface area contributed by atoms with Crippen molar-refractivity contribution in [2.24, 2.45) is 5.92 Å². The Bertz CT molecular complexity index is 1060. The van der Waals surface area contributed by atoms with Crippen LogP contribution in [0.4, 0.5) is 4.79 Å². The molecule has 10 heteroatoms. The molecule has 2 N–H and O–H groups in total. The highest BCUT2D eigenvalue weighted by atomic mass is 35.5. The molecule has 0 bridgehead atoms. The maximum absolute atomic E-state index is 13.4. The van der Waals surface area contributed by atoms with Crippen LogP contribution in [0, 0.1) is 5.92 Å². The molecule has 1 fully saturated rings. The number of carbonyl (C=O) groups excluding carboxylic acids is 1. The molecule has 3 rings (SSSR count). The summed E-state index contributed by atoms with van der Waals surface area (Å²) in [6, 6.07) is 14.6. The van der Waals surface area contributed by atoms with E-state index in [1.54, 1.807) is 12.1 Å². The second kappa shape index (κ2) is 12.7. The highest BCUT2D eigenvalue weighted by Crippen LogP contribution is 2.22. The molecule has 0 aliphatic carbocycles. The number of nitrogens with one attached hydrogen (secondary N) is 1. The van der Waals surface area contributed by atoms with Gasteiger partial charge in [0.1, 0.15) is 6.10 Å². The molecular weight excluding hydrogens is 492 g/mol. The minimum absolute atomic E-state index is 0.00373. The van der Waals surface area contributed by atoms with Crippen molar-refractivity contribution >= 4 is 27.7 Å². The van der Waals surface area contributed by atoms with E-state index in [2.05, 4.69) is 5.32 Å². The Morgan fingerprint density at radius 3 is 2.57 bits per heavy atom. The molecule has 2 aromatic carbocycles. The summed E-state index contributed by atoms with van der Waals surface area (Å²) in [6.07, 6.45) is -1.31. The summed E-state index contributed by atoms with van der Waals surface area (Å²) in [4.78, 5) is 12.6. The topological polar surface area (TPSA) is 105 Å². The first-order valence-electron chi connectivity index (χ1n) is 11.7. The number of halogens is 1. The fourth-order valence-corrected chi connectivity index (χ4v) is 5.81. The largest absolute Gasteiger partial charge is 0.444 e. The lowest BCUT2D eigenvalue weighted by Crippen LogP contribution is -2.51. The molecule has 1 amide bonds. The van der Waals surface area contributed by atoms with Crippen LogP contribution in [0.25, 0.3) is 0 Å². The fourth-order valence-electron chi connectivity index (χ4n) is 3.88. The molecule has 8 nitrogen and oxygen atoms in total. The van der Waals surface area contributed by atoms with Gasteiger partial charge in [0.15, 0.2) is 0 Å². The number of aliphatic hydroxyl groups excluding tert-OH is 1. The molecule has 0 saturated carbocycles. The fraction of sp³-hybridized carbons (Fsp3) is 0.480. The van der Waals surface area contributed by atoms with Crippen molar-refractivity contribution in [2.45, 2.75) is 49.8 Å². The van der Waals surface area contributed by atoms with Gasteiger partial charge in [-0.25, -0.2) is 13.2 Å². The molecule has 2 aromatic rings. The van der Waals surface area contributed by atoms with Crippen LogP contribution in [0.2, 0.25) is 5.02 Å². The minimum atomic E-state index is -3.94. The van der Waals surface area contributed by atoms with Crippen molar-refractivity contribution in [1.82, 2.24) is 9.62 Å². The standard InChI is InChI=1S/C25H33ClN2O6S/c1-18(2)15-28(35(31,32)22-10-6-9-20(26)14-22)16-24(29)23(13-19-7-4-3-5-8-19)27-25(30)34-21-11-12-33-17-21/h3-10,14,18,21,23-24,29H,11-13,15-17H2,1-2H3,(H,27,30)/t21-,23-,24+/m0/s1. The molecule has 0 radical (unpaired) electrons. The van der Waals surface area contributed by atoms with Gasteiger partial charge in [0, 0.05) is 24.5 Å². The van der Waals surface area contributed by atoms with E-state index in [1.807, 2.05) is 44.2 Å². The van der Waals surface area contributed by atoms with Gasteiger partial charge in [0.2, 0.25) is 10.0 Å². The van der Waals surface area contributed by atoms with Gasteiger partial charge >= 0.3 is 6.09 Å². The second-order valence-corrected chi connectivity index (χ2v) is 11.4. The maximum Gasteiger partial charge on any atom is 0.407 e. The number of nitrogens with zero attached hydrogens (tertiary/aromatic N) is 1. The van der Waals surface area contributed by atoms with Crippen molar-refractivity contribution in [3.8, 4) is 0 Å². The molecule has 192 valence electrons. The predicted molar refractivity (Wildman–Crippen MR) is 134 cm³/mol. The van der Waals surface area contributed by atoms with Crippen LogP contribution in [0.15, 0.2) is 59.5 Å². The number of carbonyl (C=O) groups is 1. The van der Waals surface area contributed by atoms with Crippen LogP contribution in [-0.4, -0.2) is 68.5 Å². The van der Waals surface area contributed by atoms with Crippen molar-refractivity contribution in [3.63, 3.8) is 0 Å². The summed E-state index contributed by atoms with van der Waals surface area (Å²) in [5.74, 6) is 0.00373. The monoisotopic (exact) mass is 524 g/mol. The number of hydrogen-bond acceptors (Lipinski definition) is 6. The highest BCUT2D eigenvalue weighted by Gasteiger charge is 2.32. The first-order valence-corrected chi connectivity index (χ1v) is 13.5. The van der Waals surface area contributed by atoms with Crippen molar-refractivity contribution in [1.29, 1.82) is 0 Å². The van der Waals surface area contributed by atoms with Gasteiger partial charge in [-0.3, -0.25) is 0 Å². The van der Waals surface area contributed by atoms with Crippen LogP contribution >= 0.6 is 11.6 Å². The molecular formula is C25H33ClN2O6S. The molecule has 1 aliphatic rings. The van der Waals surface area contributed by atoms with Crippen molar-refractivity contribution in [2.75, 3.05) is 26.3 Å². The summed E-state index contributed by atoms with van der Waals surface area (Å²) in [6.45, 7) is 4.63. The van der Waals surface area contributed by atoms with E-state index in [0.717, 1.165) is 5.56 Å². The third-order valence-corrected chi connectivity index (χ3v) is 7.68. The van der Waals surface area contributed by atoms with E-state index < -0.39 is 28.3 Å². The van der Waals surface area contributed by atoms with Gasteiger partial charge in [-0.15, -0.1) is 0 Å². The first kappa shape index (κ1) is 27.4. The van der Waals surface area contributed by atoms with E-state index in [0.29, 0.717) is 31.1 Å². The van der Waals surface area contributed by atoms with E-state index in [4.69, 9.17) is 21.1 Å². The first-order chi connectivity index (χ1) is 16.6. The lowest BCUT2D eigenvalue weighted by Gasteiger charge is -2.30. The zero-order valence-electron chi connectivity index (χ0n) is 20.0. The van der Waals surface area contributed by atoms with Gasteiger partial charge in [0.25, 0.3) is 0 Å². The lowest BCUT2D eigenvalue weighted by molar-refractivity contribution is 0.0644. The zero-order valence-corrected chi connectivity index (χ0v) is 21.5. The average Bonchev–Trinajstić information content (AvgIpc) is 3.31. The van der Waals surface area contributed by atoms with E-state index in [1.165, 1.54) is 16.4 Å². The summed E-state index contributed by atoms with van der Waals surface area (Å²) in [5, 5.41) is 14.2. The van der Waals surface area contributed by atoms with Crippen LogP contribution < -0.4 is 5.32 Å². The SMILES string of the molecule is CC(C)CN(C[C@@H](O)[C@H](Cc1ccccc1)NC(=O)O[C@H]1CCOC1)S(=O)(=O)c1cccc(Cl)c1. The molecule has 1 saturated heterocycles. The number of amides is 1. The van der Waals surface area contributed by atoms with Crippen LogP contribution in [0.3, 0.4) is 0 Å². The summed E-state index contributed by atoms with van der Waals surface area (Å²) in [5.41, 5.74) is 0.883. The Hall–Kier alpha value is -2.17. The van der Waals surface area contributed by atoms with Gasteiger partial charge < -0.3 is 19.9 Å². The number of ether oxygens (including phenoxy) is 2. The summed E-state index contributed by atoms with van der Waals surface area (Å²) in [7, 11) is -3.94. The molecule has 0 spiro atoms. The van der Waals surface area contributed by atoms with E-state index in [9.17, 15) is 18.3 Å². The number of rotatable bonds is 11. The van der Waals surface area contributed by atoms with Gasteiger partial charge in [-0.05, 0) is 36.1 Å². The second-order valence-electron chi connectivity index (χ2n) is 9.07. The Morgan fingerprint density at radius 1 is 1.20 bits per heavy atom. The van der Waals surface area contributed by atoms with Crippen molar-refractivity contribution in [3.05, 3.63) is 65.2 Å². The Kier molecular flexibility index (Phi) is 9.94. The third kappa shape index (κ3) is 8.18. The Balaban J connectivity index is 1.80. The minimum Gasteiger partial charge on any atom is -0.444 e. The quantitative estimate of drug-likeness (QED) is 0.466. The van der Waals surface area contributed by atoms with Gasteiger partial charge in [0.05, 0.1) is 30.3 Å². The average molecular weight is 525 g/mol. The normalized spacial score (nSPS) is 17.9. The Morgan fingerprint density at radius 2 is 1.94 bits per heavy atom. The predicted octanol–water partition coefficient (Wildman–Crippen LogP) is 3.47. The molecule has 1 heterocycles. The number of sulfonamides is 1. The zero-order chi connectivity index (χ0) is 25.4. The van der Waals surface area contributed by atoms with Crippen molar-refractivity contribution < 1.29 is 27.8 Å². The number of hydrogen-bond donors (Lipinski definition) is 2. The molecule has 35 heavy (non-hydrogen) atoms. The highest BCUT2D eigenvalue weighted by molar-refractivity contribution is 7.89. The van der Waals surface area contributed by atoms with Crippen LogP contribution in [0.1, 0.15) is 25.8 Å². The molecule has 0 unspecified atom stereocenters. The molecule has 3 atom stereocenters. The van der Waals surface area contributed by atoms with Crippen LogP contribution in [0.5, 0.6) is 0 Å². The smallest absolute Gasteiger partial charge is 0.407 e. The summed E-state index contributed by atoms with van der Waals surface area (Å²) < 4.78 is 38.7. The lowest BCUT2D eigenvalue weighted by atomic mass is 10.0. The molecule has 1 aliphatic heterocycles. The van der Waals surface area contributed by atoms with E-state index >= 15 is 0 Å². The Labute approximate surface area is 212 Å². The maximum atomic E-state index is 13.4. The van der Waals surface area contributed by atoms with E-state index in [-0.39, 0.29) is 30.0 Å². The summed E-state index contributed by atoms with van der Waals surface area (Å²) >= 11 is 6.03.